The zero-order valence-electron chi connectivity index (χ0n) is 16.9. The van der Waals surface area contributed by atoms with Crippen LogP contribution in [0.3, 0.4) is 0 Å². The lowest BCUT2D eigenvalue weighted by atomic mass is 9.86. The van der Waals surface area contributed by atoms with Crippen LogP contribution in [0.25, 0.3) is 0 Å². The number of aliphatic hydroxyl groups is 3. The molecule has 0 aromatic carbocycles. The Labute approximate surface area is 163 Å². The van der Waals surface area contributed by atoms with Gasteiger partial charge in [0.1, 0.15) is 0 Å². The Morgan fingerprint density at radius 1 is 1.15 bits per heavy atom. The number of rotatable bonds is 13. The number of carboxylic acids is 1. The Balaban J connectivity index is 2.49. The second-order valence-electron chi connectivity index (χ2n) is 7.90. The van der Waals surface area contributed by atoms with Crippen molar-refractivity contribution in [2.24, 2.45) is 11.8 Å². The van der Waals surface area contributed by atoms with Crippen LogP contribution in [-0.4, -0.2) is 44.7 Å². The van der Waals surface area contributed by atoms with Gasteiger partial charge in [0, 0.05) is 12.3 Å². The molecule has 0 unspecified atom stereocenters. The Morgan fingerprint density at radius 3 is 2.48 bits per heavy atom. The van der Waals surface area contributed by atoms with Gasteiger partial charge in [0.25, 0.3) is 0 Å². The summed E-state index contributed by atoms with van der Waals surface area (Å²) in [4.78, 5) is 10.6. The summed E-state index contributed by atoms with van der Waals surface area (Å²) in [6.45, 7) is 3.76. The molecule has 156 valence electrons. The molecular weight excluding hydrogens is 344 g/mol. The van der Waals surface area contributed by atoms with Gasteiger partial charge in [-0.05, 0) is 58.3 Å². The summed E-state index contributed by atoms with van der Waals surface area (Å²) in [5.74, 6) is -0.408. The van der Waals surface area contributed by atoms with Crippen LogP contribution in [0.2, 0.25) is 0 Å². The molecule has 5 atom stereocenters. The minimum atomic E-state index is -0.734. The fraction of sp³-hybridized carbons (Fsp3) is 0.773. The standard InChI is InChI=1S/C22H38O5/c1-3-17-15-21(25)20(14-13-18(24)10-8-9-16(2)23)19(17)11-6-4-5-7-12-22(26)27/h3,13-14,16,18-21,23-25H,4-12,15H2,1-2H3,(H,26,27)/b14-13+,17-3-/t16-,18+,19+,20-,21-/m1/s1. The molecule has 0 aromatic rings. The van der Waals surface area contributed by atoms with Gasteiger partial charge in [-0.25, -0.2) is 0 Å². The number of carboxylic acid groups (broad SMARTS) is 1. The molecule has 0 bridgehead atoms. The minimum Gasteiger partial charge on any atom is -0.481 e. The molecule has 0 aliphatic heterocycles. The van der Waals surface area contributed by atoms with Crippen molar-refractivity contribution in [3.63, 3.8) is 0 Å². The van der Waals surface area contributed by atoms with Crippen molar-refractivity contribution in [3.8, 4) is 0 Å². The molecule has 1 aliphatic carbocycles. The van der Waals surface area contributed by atoms with Gasteiger partial charge in [-0.3, -0.25) is 4.79 Å². The molecule has 1 fully saturated rings. The van der Waals surface area contributed by atoms with Crippen LogP contribution in [-0.2, 0) is 4.79 Å². The van der Waals surface area contributed by atoms with Gasteiger partial charge in [-0.2, -0.15) is 0 Å². The van der Waals surface area contributed by atoms with Crippen LogP contribution >= 0.6 is 0 Å². The lowest BCUT2D eigenvalue weighted by Gasteiger charge is -2.20. The molecule has 0 amide bonds. The van der Waals surface area contributed by atoms with E-state index in [1.54, 1.807) is 13.0 Å². The first kappa shape index (κ1) is 23.9. The normalized spacial score (nSPS) is 26.7. The van der Waals surface area contributed by atoms with Gasteiger partial charge in [-0.1, -0.05) is 43.1 Å². The first-order valence-corrected chi connectivity index (χ1v) is 10.4. The molecule has 1 saturated carbocycles. The maximum Gasteiger partial charge on any atom is 0.303 e. The maximum absolute atomic E-state index is 10.6. The monoisotopic (exact) mass is 382 g/mol. The molecule has 1 rings (SSSR count). The van der Waals surface area contributed by atoms with Gasteiger partial charge < -0.3 is 20.4 Å². The molecule has 4 N–H and O–H groups in total. The van der Waals surface area contributed by atoms with Crippen LogP contribution in [0.5, 0.6) is 0 Å². The third-order valence-corrected chi connectivity index (χ3v) is 5.53. The number of aliphatic carboxylic acids is 1. The largest absolute Gasteiger partial charge is 0.481 e. The van der Waals surface area contributed by atoms with E-state index >= 15 is 0 Å². The van der Waals surface area contributed by atoms with Crippen molar-refractivity contribution in [1.82, 2.24) is 0 Å². The molecule has 5 heteroatoms. The minimum absolute atomic E-state index is 0.0293. The summed E-state index contributed by atoms with van der Waals surface area (Å²) < 4.78 is 0. The average Bonchev–Trinajstić information content (AvgIpc) is 2.90. The first-order chi connectivity index (χ1) is 12.8. The van der Waals surface area contributed by atoms with E-state index in [2.05, 4.69) is 6.08 Å². The van der Waals surface area contributed by atoms with Gasteiger partial charge in [0.15, 0.2) is 0 Å². The van der Waals surface area contributed by atoms with Crippen LogP contribution in [0.4, 0.5) is 0 Å². The van der Waals surface area contributed by atoms with E-state index in [1.165, 1.54) is 5.57 Å². The number of unbranched alkanes of at least 4 members (excludes halogenated alkanes) is 3. The van der Waals surface area contributed by atoms with E-state index < -0.39 is 18.2 Å². The van der Waals surface area contributed by atoms with E-state index in [0.717, 1.165) is 38.5 Å². The summed E-state index contributed by atoms with van der Waals surface area (Å²) in [5, 5.41) is 38.5. The third kappa shape index (κ3) is 9.54. The van der Waals surface area contributed by atoms with Crippen molar-refractivity contribution in [2.45, 2.75) is 96.4 Å². The quantitative estimate of drug-likeness (QED) is 0.287. The summed E-state index contributed by atoms with van der Waals surface area (Å²) in [5.41, 5.74) is 1.28. The van der Waals surface area contributed by atoms with Crippen LogP contribution < -0.4 is 0 Å². The second kappa shape index (κ2) is 13.1. The number of allylic oxidation sites excluding steroid dienone is 1. The smallest absolute Gasteiger partial charge is 0.303 e. The number of carbonyl (C=O) groups is 1. The van der Waals surface area contributed by atoms with Crippen LogP contribution in [0.1, 0.15) is 78.1 Å². The average molecular weight is 383 g/mol. The van der Waals surface area contributed by atoms with E-state index in [-0.39, 0.29) is 18.4 Å². The predicted molar refractivity (Wildman–Crippen MR) is 107 cm³/mol. The van der Waals surface area contributed by atoms with Crippen molar-refractivity contribution < 1.29 is 25.2 Å². The molecule has 0 heterocycles. The maximum atomic E-state index is 10.6. The van der Waals surface area contributed by atoms with Crippen molar-refractivity contribution >= 4 is 5.97 Å². The van der Waals surface area contributed by atoms with Crippen molar-refractivity contribution in [2.75, 3.05) is 0 Å². The van der Waals surface area contributed by atoms with Crippen LogP contribution in [0.15, 0.2) is 23.8 Å². The molecular formula is C22H38O5. The zero-order chi connectivity index (χ0) is 20.2. The van der Waals surface area contributed by atoms with Gasteiger partial charge >= 0.3 is 5.97 Å². The van der Waals surface area contributed by atoms with Gasteiger partial charge in [0.2, 0.25) is 0 Å². The molecule has 0 saturated heterocycles. The number of hydrogen-bond acceptors (Lipinski definition) is 4. The highest BCUT2D eigenvalue weighted by molar-refractivity contribution is 5.66. The summed E-state index contributed by atoms with van der Waals surface area (Å²) in [6.07, 6.45) is 12.3. The van der Waals surface area contributed by atoms with E-state index in [9.17, 15) is 20.1 Å². The van der Waals surface area contributed by atoms with Gasteiger partial charge in [0.05, 0.1) is 18.3 Å². The topological polar surface area (TPSA) is 98.0 Å². The summed E-state index contributed by atoms with van der Waals surface area (Å²) in [6, 6.07) is 0. The van der Waals surface area contributed by atoms with Crippen molar-refractivity contribution in [1.29, 1.82) is 0 Å². The molecule has 0 radical (unpaired) electrons. The Hall–Kier alpha value is -1.17. The molecule has 0 aromatic heterocycles. The molecule has 27 heavy (non-hydrogen) atoms. The number of hydrogen-bond donors (Lipinski definition) is 4. The Kier molecular flexibility index (Phi) is 11.6. The molecule has 0 spiro atoms. The Bertz CT molecular complexity index is 483. The van der Waals surface area contributed by atoms with Crippen molar-refractivity contribution in [3.05, 3.63) is 23.8 Å². The fourth-order valence-electron chi connectivity index (χ4n) is 3.99. The highest BCUT2D eigenvalue weighted by atomic mass is 16.4. The zero-order valence-corrected chi connectivity index (χ0v) is 16.9. The fourth-order valence-corrected chi connectivity index (χ4v) is 3.99. The first-order valence-electron chi connectivity index (χ1n) is 10.4. The van der Waals surface area contributed by atoms with Gasteiger partial charge in [-0.15, -0.1) is 0 Å². The van der Waals surface area contributed by atoms with E-state index in [0.29, 0.717) is 25.2 Å². The van der Waals surface area contributed by atoms with E-state index in [4.69, 9.17) is 5.11 Å². The molecule has 1 aliphatic rings. The summed E-state index contributed by atoms with van der Waals surface area (Å²) in [7, 11) is 0. The third-order valence-electron chi connectivity index (χ3n) is 5.53. The summed E-state index contributed by atoms with van der Waals surface area (Å²) >= 11 is 0. The highest BCUT2D eigenvalue weighted by Gasteiger charge is 2.36. The highest BCUT2D eigenvalue weighted by Crippen LogP contribution is 2.41. The SMILES string of the molecule is C/C=C1/C[C@@H](O)[C@H](/C=C/[C@@H](O)CCC[C@@H](C)O)[C@H]1CCCCCCC(=O)O. The molecule has 5 nitrogen and oxygen atoms in total. The Morgan fingerprint density at radius 2 is 1.85 bits per heavy atom. The van der Waals surface area contributed by atoms with E-state index in [1.807, 2.05) is 13.0 Å². The predicted octanol–water partition coefficient (Wildman–Crippen LogP) is 3.82. The second-order valence-corrected chi connectivity index (χ2v) is 7.90. The lowest BCUT2D eigenvalue weighted by Crippen LogP contribution is -2.18. The number of aliphatic hydroxyl groups excluding tert-OH is 3. The van der Waals surface area contributed by atoms with Crippen LogP contribution in [0, 0.1) is 11.8 Å². The lowest BCUT2D eigenvalue weighted by molar-refractivity contribution is -0.137.